The fourth-order valence-corrected chi connectivity index (χ4v) is 1.56. The minimum absolute atomic E-state index is 0.489. The number of aromatic nitrogens is 3. The van der Waals surface area contributed by atoms with Gasteiger partial charge >= 0.3 is 0 Å². The molecule has 1 aromatic carbocycles. The molecule has 0 aliphatic heterocycles. The van der Waals surface area contributed by atoms with Gasteiger partial charge in [0.25, 0.3) is 0 Å². The highest BCUT2D eigenvalue weighted by atomic mass is 32.1. The van der Waals surface area contributed by atoms with Crippen molar-refractivity contribution < 1.29 is 0 Å². The van der Waals surface area contributed by atoms with Crippen LogP contribution < -0.4 is 5.36 Å². The Morgan fingerprint density at radius 2 is 1.53 bits per heavy atom. The van der Waals surface area contributed by atoms with Gasteiger partial charge in [0, 0.05) is 0 Å². The molecule has 0 fully saturated rings. The van der Waals surface area contributed by atoms with E-state index < -0.39 is 0 Å². The highest BCUT2D eigenvalue weighted by Gasteiger charge is 1.90. The highest BCUT2D eigenvalue weighted by molar-refractivity contribution is 7.72. The minimum Gasteiger partial charge on any atom is -0.274 e. The number of para-hydroxylation sites is 1. The second kappa shape index (κ2) is 4.33. The average Bonchev–Trinajstić information content (AvgIpc) is 2.25. The summed E-state index contributed by atoms with van der Waals surface area (Å²) >= 11 is 10.1. The smallest absolute Gasteiger partial charge is 0.148 e. The summed E-state index contributed by atoms with van der Waals surface area (Å²) in [5.74, 6) is 0. The second-order valence-corrected chi connectivity index (χ2v) is 3.65. The number of benzene rings is 1. The van der Waals surface area contributed by atoms with Crippen LogP contribution in [0.4, 0.5) is 5.69 Å². The maximum atomic E-state index is 5.07. The lowest BCUT2D eigenvalue weighted by atomic mass is 10.3. The Balaban J connectivity index is 2.71. The average molecular weight is 236 g/mol. The van der Waals surface area contributed by atoms with Crippen molar-refractivity contribution in [2.75, 3.05) is 0 Å². The highest BCUT2D eigenvalue weighted by Crippen LogP contribution is 2.07. The van der Waals surface area contributed by atoms with Crippen LogP contribution in [0.25, 0.3) is 0 Å². The van der Waals surface area contributed by atoms with Gasteiger partial charge < -0.3 is 0 Å². The van der Waals surface area contributed by atoms with Gasteiger partial charge in [0.15, 0.2) is 0 Å². The fraction of sp³-hybridized carbons (Fsp3) is 0. The van der Waals surface area contributed by atoms with E-state index in [9.17, 15) is 0 Å². The van der Waals surface area contributed by atoms with Gasteiger partial charge in [-0.15, -0.1) is 0 Å². The van der Waals surface area contributed by atoms with Crippen LogP contribution in [0.1, 0.15) is 0 Å². The third-order valence-electron chi connectivity index (χ3n) is 1.78. The van der Waals surface area contributed by atoms with E-state index in [0.29, 0.717) is 14.6 Å². The first-order chi connectivity index (χ1) is 7.27. The predicted octanol–water partition coefficient (Wildman–Crippen LogP) is 2.36. The van der Waals surface area contributed by atoms with Gasteiger partial charge in [0.05, 0.1) is 5.69 Å². The SMILES string of the molecule is S=c1[nH][nH][nH]c(=S)c1=Nc1ccccc1. The second-order valence-electron chi connectivity index (χ2n) is 2.83. The lowest BCUT2D eigenvalue weighted by Gasteiger charge is -1.92. The molecule has 15 heavy (non-hydrogen) atoms. The van der Waals surface area contributed by atoms with Crippen molar-refractivity contribution in [1.29, 1.82) is 0 Å². The van der Waals surface area contributed by atoms with E-state index in [0.717, 1.165) is 5.69 Å². The molecular formula is C9H8N4S2. The molecule has 0 bridgehead atoms. The van der Waals surface area contributed by atoms with Crippen LogP contribution in [0.3, 0.4) is 0 Å². The van der Waals surface area contributed by atoms with Crippen LogP contribution in [-0.4, -0.2) is 15.4 Å². The molecule has 0 amide bonds. The molecule has 2 aromatic rings. The molecule has 0 aliphatic carbocycles. The van der Waals surface area contributed by atoms with E-state index in [4.69, 9.17) is 24.4 Å². The molecule has 1 aromatic heterocycles. The van der Waals surface area contributed by atoms with Gasteiger partial charge in [-0.2, -0.15) is 0 Å². The van der Waals surface area contributed by atoms with E-state index in [-0.39, 0.29) is 0 Å². The third kappa shape index (κ3) is 2.28. The number of hydrogen-bond acceptors (Lipinski definition) is 3. The van der Waals surface area contributed by atoms with E-state index in [1.54, 1.807) is 0 Å². The first kappa shape index (κ1) is 10.0. The zero-order chi connectivity index (χ0) is 10.7. The summed E-state index contributed by atoms with van der Waals surface area (Å²) in [6.45, 7) is 0. The van der Waals surface area contributed by atoms with Crippen molar-refractivity contribution in [3.63, 3.8) is 0 Å². The van der Waals surface area contributed by atoms with Crippen LogP contribution >= 0.6 is 24.4 Å². The van der Waals surface area contributed by atoms with Crippen molar-refractivity contribution in [2.45, 2.75) is 0 Å². The zero-order valence-corrected chi connectivity index (χ0v) is 9.28. The zero-order valence-electron chi connectivity index (χ0n) is 7.65. The Kier molecular flexibility index (Phi) is 2.89. The number of nitrogens with one attached hydrogen (secondary N) is 3. The van der Waals surface area contributed by atoms with E-state index in [1.807, 2.05) is 30.3 Å². The van der Waals surface area contributed by atoms with Gasteiger partial charge in [-0.3, -0.25) is 10.2 Å². The fourth-order valence-electron chi connectivity index (χ4n) is 1.10. The van der Waals surface area contributed by atoms with Gasteiger partial charge in [-0.1, -0.05) is 42.6 Å². The molecule has 4 nitrogen and oxygen atoms in total. The summed E-state index contributed by atoms with van der Waals surface area (Å²) in [5.41, 5.74) is 0.822. The Labute approximate surface area is 95.7 Å². The summed E-state index contributed by atoms with van der Waals surface area (Å²) in [7, 11) is 0. The summed E-state index contributed by atoms with van der Waals surface area (Å²) < 4.78 is 0.977. The lowest BCUT2D eigenvalue weighted by molar-refractivity contribution is 0.827. The van der Waals surface area contributed by atoms with Crippen LogP contribution in [0, 0.1) is 9.28 Å². The topological polar surface area (TPSA) is 59.7 Å². The van der Waals surface area contributed by atoms with Crippen molar-refractivity contribution in [2.24, 2.45) is 4.99 Å². The number of H-pyrrole nitrogens is 3. The standard InChI is InChI=1S/C9H8N4S2/c14-8-7(9(15)12-13-11-8)10-6-4-2-1-3-5-6/h1-5H,(H,10,13)(H2,11,12,14,15). The van der Waals surface area contributed by atoms with E-state index >= 15 is 0 Å². The van der Waals surface area contributed by atoms with Gasteiger partial charge in [0.2, 0.25) is 0 Å². The molecule has 76 valence electrons. The van der Waals surface area contributed by atoms with Crippen molar-refractivity contribution in [3.05, 3.63) is 45.0 Å². The molecule has 1 heterocycles. The number of rotatable bonds is 1. The van der Waals surface area contributed by atoms with Crippen LogP contribution in [0.15, 0.2) is 35.3 Å². The normalized spacial score (nSPS) is 9.87. The molecule has 0 unspecified atom stereocenters. The molecule has 3 N–H and O–H groups in total. The molecule has 0 aliphatic rings. The number of hydrogen-bond donors (Lipinski definition) is 3. The van der Waals surface area contributed by atoms with Gasteiger partial charge in [-0.25, -0.2) is 10.2 Å². The largest absolute Gasteiger partial charge is 0.274 e. The number of aromatic amines is 3. The lowest BCUT2D eigenvalue weighted by Crippen LogP contribution is -2.10. The molecule has 0 saturated carbocycles. The van der Waals surface area contributed by atoms with Crippen molar-refractivity contribution >= 4 is 30.1 Å². The third-order valence-corrected chi connectivity index (χ3v) is 2.37. The van der Waals surface area contributed by atoms with Gasteiger partial charge in [-0.05, 0) is 12.1 Å². The van der Waals surface area contributed by atoms with Crippen molar-refractivity contribution in [1.82, 2.24) is 15.4 Å². The predicted molar refractivity (Wildman–Crippen MR) is 62.8 cm³/mol. The molecule has 6 heteroatoms. The Morgan fingerprint density at radius 1 is 0.933 bits per heavy atom. The van der Waals surface area contributed by atoms with E-state index in [1.165, 1.54) is 0 Å². The Hall–Kier alpha value is -1.53. The van der Waals surface area contributed by atoms with Crippen LogP contribution in [0.5, 0.6) is 0 Å². The summed E-state index contributed by atoms with van der Waals surface area (Å²) in [6.07, 6.45) is 0. The molecule has 0 spiro atoms. The molecule has 2 rings (SSSR count). The first-order valence-electron chi connectivity index (χ1n) is 4.27. The maximum Gasteiger partial charge on any atom is 0.148 e. The quantitative estimate of drug-likeness (QED) is 0.666. The van der Waals surface area contributed by atoms with E-state index in [2.05, 4.69) is 20.4 Å². The number of nitrogens with zero attached hydrogens (tertiary/aromatic N) is 1. The van der Waals surface area contributed by atoms with Crippen LogP contribution in [-0.2, 0) is 0 Å². The minimum atomic E-state index is 0.489. The summed E-state index contributed by atoms with van der Waals surface area (Å²) in [5, 5.41) is 8.68. The Morgan fingerprint density at radius 3 is 2.13 bits per heavy atom. The summed E-state index contributed by atoms with van der Waals surface area (Å²) in [4.78, 5) is 4.35. The molecule has 0 saturated heterocycles. The molecular weight excluding hydrogens is 228 g/mol. The maximum absolute atomic E-state index is 5.07. The van der Waals surface area contributed by atoms with Crippen molar-refractivity contribution in [3.8, 4) is 0 Å². The molecule has 0 radical (unpaired) electrons. The Bertz CT molecular complexity index is 589. The molecule has 0 atom stereocenters. The van der Waals surface area contributed by atoms with Gasteiger partial charge in [0.1, 0.15) is 14.6 Å². The monoisotopic (exact) mass is 236 g/mol. The van der Waals surface area contributed by atoms with Crippen LogP contribution in [0.2, 0.25) is 0 Å². The first-order valence-corrected chi connectivity index (χ1v) is 5.08. The summed E-state index contributed by atoms with van der Waals surface area (Å²) in [6, 6.07) is 9.53.